The number of hydrogen-bond donors (Lipinski definition) is 4. The molecule has 0 radical (unpaired) electrons. The number of rotatable bonds is 2. The Labute approximate surface area is 132 Å². The molecule has 5 heteroatoms. The lowest BCUT2D eigenvalue weighted by Gasteiger charge is -2.15. The highest BCUT2D eigenvalue weighted by atomic mass is 16.5. The molecule has 0 aliphatic carbocycles. The van der Waals surface area contributed by atoms with Crippen molar-refractivity contribution in [2.24, 2.45) is 0 Å². The Morgan fingerprint density at radius 3 is 2.61 bits per heavy atom. The maximum atomic E-state index is 11.5. The Balaban J connectivity index is 1.71. The number of hydrogen-bond acceptors (Lipinski definition) is 4. The smallest absolute Gasteiger partial charge is 0.274 e. The fraction of sp³-hybridized carbons (Fsp3) is 0.0556. The van der Waals surface area contributed by atoms with Gasteiger partial charge >= 0.3 is 0 Å². The van der Waals surface area contributed by atoms with Crippen LogP contribution in [0, 0.1) is 0 Å². The molecule has 1 atom stereocenters. The minimum Gasteiger partial charge on any atom is -0.360 e. The van der Waals surface area contributed by atoms with Gasteiger partial charge in [0, 0.05) is 11.1 Å². The molecule has 4 N–H and O–H groups in total. The van der Waals surface area contributed by atoms with Gasteiger partial charge in [0.25, 0.3) is 5.91 Å². The van der Waals surface area contributed by atoms with Gasteiger partial charge in [-0.25, -0.2) is 5.48 Å². The fourth-order valence-corrected chi connectivity index (χ4v) is 3.00. The van der Waals surface area contributed by atoms with Crippen molar-refractivity contribution in [2.45, 2.75) is 6.17 Å². The highest BCUT2D eigenvalue weighted by molar-refractivity contribution is 5.96. The molecule has 0 saturated carbocycles. The number of benzene rings is 3. The van der Waals surface area contributed by atoms with Crippen LogP contribution in [0.15, 0.2) is 60.7 Å². The summed E-state index contributed by atoms with van der Waals surface area (Å²) < 4.78 is 0. The van der Waals surface area contributed by atoms with Crippen molar-refractivity contribution in [3.8, 4) is 0 Å². The van der Waals surface area contributed by atoms with E-state index in [1.807, 2.05) is 24.3 Å². The summed E-state index contributed by atoms with van der Waals surface area (Å²) in [6.45, 7) is 0. The van der Waals surface area contributed by atoms with E-state index in [0.29, 0.717) is 5.56 Å². The minimum absolute atomic E-state index is 0.0662. The molecular weight excluding hydrogens is 290 g/mol. The molecule has 3 aromatic carbocycles. The zero-order valence-electron chi connectivity index (χ0n) is 12.2. The third-order valence-electron chi connectivity index (χ3n) is 4.12. The quantitative estimate of drug-likeness (QED) is 0.432. The van der Waals surface area contributed by atoms with Crippen LogP contribution in [-0.2, 0) is 0 Å². The van der Waals surface area contributed by atoms with Crippen LogP contribution in [0.4, 0.5) is 11.4 Å². The summed E-state index contributed by atoms with van der Waals surface area (Å²) in [6, 6.07) is 19.7. The zero-order valence-corrected chi connectivity index (χ0v) is 12.2. The molecule has 0 fully saturated rings. The highest BCUT2D eigenvalue weighted by Gasteiger charge is 2.23. The van der Waals surface area contributed by atoms with Crippen LogP contribution in [0.1, 0.15) is 22.1 Å². The van der Waals surface area contributed by atoms with Crippen LogP contribution < -0.4 is 16.1 Å². The van der Waals surface area contributed by atoms with Crippen LogP contribution in [0.3, 0.4) is 0 Å². The maximum absolute atomic E-state index is 11.5. The molecule has 5 nitrogen and oxygen atoms in total. The highest BCUT2D eigenvalue weighted by Crippen LogP contribution is 2.37. The second-order valence-corrected chi connectivity index (χ2v) is 5.49. The van der Waals surface area contributed by atoms with Gasteiger partial charge in [0.05, 0.1) is 11.4 Å². The standard InChI is InChI=1S/C18H15N3O2/c22-18(21-23)12-8-9-15-16(10-12)20-17(19-15)14-7-3-5-11-4-1-2-6-13(11)14/h1-10,17,19-20,23H,(H,21,22). The molecule has 0 spiro atoms. The van der Waals surface area contributed by atoms with E-state index < -0.39 is 5.91 Å². The van der Waals surface area contributed by atoms with Gasteiger partial charge in [-0.1, -0.05) is 42.5 Å². The lowest BCUT2D eigenvalue weighted by atomic mass is 10.0. The van der Waals surface area contributed by atoms with E-state index in [0.717, 1.165) is 16.9 Å². The van der Waals surface area contributed by atoms with Gasteiger partial charge in [0.2, 0.25) is 0 Å². The molecule has 0 saturated heterocycles. The summed E-state index contributed by atoms with van der Waals surface area (Å²) in [4.78, 5) is 11.5. The second-order valence-electron chi connectivity index (χ2n) is 5.49. The molecule has 3 aromatic rings. The molecule has 23 heavy (non-hydrogen) atoms. The second kappa shape index (κ2) is 5.30. The van der Waals surface area contributed by atoms with Crippen molar-refractivity contribution in [3.63, 3.8) is 0 Å². The number of nitrogens with one attached hydrogen (secondary N) is 3. The van der Waals surface area contributed by atoms with Crippen molar-refractivity contribution in [2.75, 3.05) is 10.6 Å². The van der Waals surface area contributed by atoms with E-state index in [4.69, 9.17) is 5.21 Å². The summed E-state index contributed by atoms with van der Waals surface area (Å²) in [5.41, 5.74) is 4.97. The van der Waals surface area contributed by atoms with Crippen molar-refractivity contribution < 1.29 is 10.0 Å². The van der Waals surface area contributed by atoms with Gasteiger partial charge in [-0.2, -0.15) is 0 Å². The van der Waals surface area contributed by atoms with Crippen LogP contribution >= 0.6 is 0 Å². The SMILES string of the molecule is O=C(NO)c1ccc2c(c1)NC(c1cccc3ccccc13)N2. The van der Waals surface area contributed by atoms with E-state index >= 15 is 0 Å². The van der Waals surface area contributed by atoms with E-state index in [-0.39, 0.29) is 6.17 Å². The third kappa shape index (κ3) is 2.27. The Kier molecular flexibility index (Phi) is 3.13. The lowest BCUT2D eigenvalue weighted by molar-refractivity contribution is 0.0706. The van der Waals surface area contributed by atoms with Crippen molar-refractivity contribution >= 4 is 28.1 Å². The molecule has 1 heterocycles. The first-order valence-electron chi connectivity index (χ1n) is 7.35. The first-order chi connectivity index (χ1) is 11.3. The Bertz CT molecular complexity index is 902. The monoisotopic (exact) mass is 305 g/mol. The minimum atomic E-state index is -0.525. The van der Waals surface area contributed by atoms with E-state index in [9.17, 15) is 4.79 Å². The van der Waals surface area contributed by atoms with Crippen molar-refractivity contribution in [1.29, 1.82) is 0 Å². The van der Waals surface area contributed by atoms with Crippen LogP contribution in [0.2, 0.25) is 0 Å². The van der Waals surface area contributed by atoms with E-state index in [1.54, 1.807) is 17.6 Å². The predicted octanol–water partition coefficient (Wildman–Crippen LogP) is 3.50. The summed E-state index contributed by atoms with van der Waals surface area (Å²) in [5.74, 6) is -0.525. The van der Waals surface area contributed by atoms with Crippen molar-refractivity contribution in [1.82, 2.24) is 5.48 Å². The average Bonchev–Trinajstić information content (AvgIpc) is 3.03. The Morgan fingerprint density at radius 2 is 1.74 bits per heavy atom. The molecule has 4 rings (SSSR count). The van der Waals surface area contributed by atoms with Crippen LogP contribution in [0.5, 0.6) is 0 Å². The van der Waals surface area contributed by atoms with Crippen molar-refractivity contribution in [3.05, 3.63) is 71.8 Å². The number of anilines is 2. The normalized spacial score (nSPS) is 15.6. The van der Waals surface area contributed by atoms with E-state index in [1.165, 1.54) is 10.8 Å². The summed E-state index contributed by atoms with van der Waals surface area (Å²) in [5, 5.41) is 17.9. The number of amides is 1. The van der Waals surface area contributed by atoms with Crippen LogP contribution in [-0.4, -0.2) is 11.1 Å². The molecule has 1 aliphatic rings. The van der Waals surface area contributed by atoms with Crippen LogP contribution in [0.25, 0.3) is 10.8 Å². The van der Waals surface area contributed by atoms with Gasteiger partial charge in [-0.15, -0.1) is 0 Å². The molecule has 114 valence electrons. The van der Waals surface area contributed by atoms with Gasteiger partial charge in [-0.3, -0.25) is 10.0 Å². The maximum Gasteiger partial charge on any atom is 0.274 e. The summed E-state index contributed by atoms with van der Waals surface area (Å²) in [7, 11) is 0. The topological polar surface area (TPSA) is 73.4 Å². The third-order valence-corrected chi connectivity index (χ3v) is 4.12. The molecule has 0 bridgehead atoms. The molecule has 0 aromatic heterocycles. The number of hydroxylamine groups is 1. The largest absolute Gasteiger partial charge is 0.360 e. The van der Waals surface area contributed by atoms with Gasteiger partial charge in [0.15, 0.2) is 0 Å². The first kappa shape index (κ1) is 13.6. The molecule has 1 aliphatic heterocycles. The van der Waals surface area contributed by atoms with E-state index in [2.05, 4.69) is 34.9 Å². The fourth-order valence-electron chi connectivity index (χ4n) is 3.00. The Hall–Kier alpha value is -3.05. The number of carbonyl (C=O) groups is 1. The zero-order chi connectivity index (χ0) is 15.8. The first-order valence-corrected chi connectivity index (χ1v) is 7.35. The number of fused-ring (bicyclic) bond motifs is 2. The molecule has 1 unspecified atom stereocenters. The molecular formula is C18H15N3O2. The van der Waals surface area contributed by atoms with Gasteiger partial charge < -0.3 is 10.6 Å². The average molecular weight is 305 g/mol. The van der Waals surface area contributed by atoms with Gasteiger partial charge in [0.1, 0.15) is 6.17 Å². The Morgan fingerprint density at radius 1 is 0.957 bits per heavy atom. The lowest BCUT2D eigenvalue weighted by Crippen LogP contribution is -2.18. The molecule has 1 amide bonds. The van der Waals surface area contributed by atoms with Gasteiger partial charge in [-0.05, 0) is 29.0 Å². The number of carbonyl (C=O) groups excluding carboxylic acids is 1. The predicted molar refractivity (Wildman–Crippen MR) is 89.6 cm³/mol. The summed E-state index contributed by atoms with van der Waals surface area (Å²) in [6.07, 6.45) is -0.0662. The summed E-state index contributed by atoms with van der Waals surface area (Å²) >= 11 is 0.